The summed E-state index contributed by atoms with van der Waals surface area (Å²) in [5.74, 6) is 6.85. The average Bonchev–Trinajstić information content (AvgIpc) is 2.52. The molecule has 0 bridgehead atoms. The lowest BCUT2D eigenvalue weighted by Crippen LogP contribution is -2.27. The van der Waals surface area contributed by atoms with Gasteiger partial charge in [0.1, 0.15) is 0 Å². The van der Waals surface area contributed by atoms with E-state index in [2.05, 4.69) is 43.5 Å². The van der Waals surface area contributed by atoms with E-state index in [0.29, 0.717) is 6.04 Å². The van der Waals surface area contributed by atoms with Crippen LogP contribution in [0.2, 0.25) is 0 Å². The number of nitrogens with one attached hydrogen (secondary N) is 1. The largest absolute Gasteiger partial charge is 0.271 e. The van der Waals surface area contributed by atoms with Crippen molar-refractivity contribution >= 4 is 11.8 Å². The Morgan fingerprint density at radius 2 is 1.57 bits per heavy atom. The van der Waals surface area contributed by atoms with Gasteiger partial charge >= 0.3 is 0 Å². The smallest absolute Gasteiger partial charge is 0.0460 e. The molecule has 0 heterocycles. The van der Waals surface area contributed by atoms with Gasteiger partial charge in [0.15, 0.2) is 0 Å². The fourth-order valence-electron chi connectivity index (χ4n) is 2.61. The Bertz CT molecular complexity index is 351. The van der Waals surface area contributed by atoms with Gasteiger partial charge in [-0.15, -0.1) is 11.8 Å². The van der Waals surface area contributed by atoms with Crippen LogP contribution in [0.5, 0.6) is 0 Å². The molecule has 1 atom stereocenters. The molecule has 0 saturated carbocycles. The molecule has 0 fully saturated rings. The van der Waals surface area contributed by atoms with E-state index in [-0.39, 0.29) is 0 Å². The molecule has 3 N–H and O–H groups in total. The number of unbranched alkanes of at least 4 members (excludes halogenated alkanes) is 6. The minimum atomic E-state index is 0.293. The van der Waals surface area contributed by atoms with Crippen LogP contribution in [0, 0.1) is 0 Å². The third kappa shape index (κ3) is 7.89. The van der Waals surface area contributed by atoms with Gasteiger partial charge in [0.2, 0.25) is 0 Å². The van der Waals surface area contributed by atoms with Crippen LogP contribution in [0.3, 0.4) is 0 Å². The van der Waals surface area contributed by atoms with Crippen molar-refractivity contribution in [2.75, 3.05) is 5.75 Å². The molecule has 0 aromatic heterocycles. The number of hydrazine groups is 1. The van der Waals surface area contributed by atoms with Crippen molar-refractivity contribution < 1.29 is 0 Å². The summed E-state index contributed by atoms with van der Waals surface area (Å²) in [5, 5.41) is 0. The Morgan fingerprint density at radius 1 is 0.952 bits per heavy atom. The summed E-state index contributed by atoms with van der Waals surface area (Å²) in [6, 6.07) is 9.13. The molecule has 0 radical (unpaired) electrons. The average molecular weight is 309 g/mol. The first kappa shape index (κ1) is 18.5. The summed E-state index contributed by atoms with van der Waals surface area (Å²) in [4.78, 5) is 1.34. The van der Waals surface area contributed by atoms with Gasteiger partial charge in [0.25, 0.3) is 0 Å². The van der Waals surface area contributed by atoms with Crippen LogP contribution in [0.25, 0.3) is 0 Å². The van der Waals surface area contributed by atoms with Crippen molar-refractivity contribution in [2.45, 2.75) is 76.2 Å². The Balaban J connectivity index is 2.27. The Hall–Kier alpha value is -0.510. The molecule has 0 spiro atoms. The van der Waals surface area contributed by atoms with Crippen molar-refractivity contribution in [2.24, 2.45) is 5.84 Å². The molecule has 0 amide bonds. The lowest BCUT2D eigenvalue weighted by molar-refractivity contribution is 0.475. The fraction of sp³-hybridized carbons (Fsp3) is 0.667. The highest BCUT2D eigenvalue weighted by Crippen LogP contribution is 2.23. The molecule has 1 aromatic rings. The molecule has 2 nitrogen and oxygen atoms in total. The second-order valence-electron chi connectivity index (χ2n) is 5.63. The van der Waals surface area contributed by atoms with E-state index in [9.17, 15) is 0 Å². The van der Waals surface area contributed by atoms with E-state index in [0.717, 1.165) is 12.2 Å². The van der Waals surface area contributed by atoms with E-state index in [1.165, 1.54) is 55.4 Å². The van der Waals surface area contributed by atoms with Crippen LogP contribution in [-0.2, 0) is 0 Å². The monoisotopic (exact) mass is 308 g/mol. The molecule has 0 saturated heterocycles. The molecule has 1 aromatic carbocycles. The number of hydrogen-bond donors (Lipinski definition) is 2. The zero-order valence-electron chi connectivity index (χ0n) is 13.7. The maximum Gasteiger partial charge on any atom is 0.0460 e. The molecule has 0 aliphatic carbocycles. The summed E-state index contributed by atoms with van der Waals surface area (Å²) in [6.07, 6.45) is 10.6. The SMILES string of the molecule is CCCCCCCCCC(NN)c1ccc(SCC)cc1. The van der Waals surface area contributed by atoms with Gasteiger partial charge in [-0.25, -0.2) is 0 Å². The van der Waals surface area contributed by atoms with E-state index >= 15 is 0 Å². The first-order valence-electron chi connectivity index (χ1n) is 8.50. The highest BCUT2D eigenvalue weighted by atomic mass is 32.2. The second-order valence-corrected chi connectivity index (χ2v) is 6.97. The minimum Gasteiger partial charge on any atom is -0.271 e. The lowest BCUT2D eigenvalue weighted by atomic mass is 10.00. The molecule has 120 valence electrons. The van der Waals surface area contributed by atoms with Crippen LogP contribution >= 0.6 is 11.8 Å². The Kier molecular flexibility index (Phi) is 10.7. The lowest BCUT2D eigenvalue weighted by Gasteiger charge is -2.16. The highest BCUT2D eigenvalue weighted by molar-refractivity contribution is 7.99. The number of rotatable bonds is 12. The van der Waals surface area contributed by atoms with Gasteiger partial charge < -0.3 is 0 Å². The molecule has 3 heteroatoms. The van der Waals surface area contributed by atoms with Crippen LogP contribution in [0.1, 0.15) is 76.8 Å². The molecule has 21 heavy (non-hydrogen) atoms. The molecule has 0 aliphatic heterocycles. The molecular weight excluding hydrogens is 276 g/mol. The predicted molar refractivity (Wildman–Crippen MR) is 95.5 cm³/mol. The van der Waals surface area contributed by atoms with Crippen molar-refractivity contribution in [1.82, 2.24) is 5.43 Å². The summed E-state index contributed by atoms with van der Waals surface area (Å²) in [6.45, 7) is 4.45. The summed E-state index contributed by atoms with van der Waals surface area (Å²) < 4.78 is 0. The summed E-state index contributed by atoms with van der Waals surface area (Å²) >= 11 is 1.88. The first-order valence-corrected chi connectivity index (χ1v) is 9.49. The zero-order chi connectivity index (χ0) is 15.3. The van der Waals surface area contributed by atoms with Gasteiger partial charge in [0.05, 0.1) is 0 Å². The van der Waals surface area contributed by atoms with Crippen molar-refractivity contribution in [3.63, 3.8) is 0 Å². The van der Waals surface area contributed by atoms with Crippen molar-refractivity contribution in [3.05, 3.63) is 29.8 Å². The molecular formula is C18H32N2S. The second kappa shape index (κ2) is 12.1. The minimum absolute atomic E-state index is 0.293. The summed E-state index contributed by atoms with van der Waals surface area (Å²) in [7, 11) is 0. The summed E-state index contributed by atoms with van der Waals surface area (Å²) in [5.41, 5.74) is 4.28. The number of nitrogens with two attached hydrogens (primary N) is 1. The first-order chi connectivity index (χ1) is 10.3. The third-order valence-corrected chi connectivity index (χ3v) is 4.79. The highest BCUT2D eigenvalue weighted by Gasteiger charge is 2.09. The fourth-order valence-corrected chi connectivity index (χ4v) is 3.28. The normalized spacial score (nSPS) is 12.5. The van der Waals surface area contributed by atoms with Gasteiger partial charge in [0, 0.05) is 10.9 Å². The van der Waals surface area contributed by atoms with Gasteiger partial charge in [-0.3, -0.25) is 11.3 Å². The molecule has 0 aliphatic rings. The number of thioether (sulfide) groups is 1. The topological polar surface area (TPSA) is 38.0 Å². The van der Waals surface area contributed by atoms with Gasteiger partial charge in [-0.2, -0.15) is 0 Å². The Morgan fingerprint density at radius 3 is 2.14 bits per heavy atom. The van der Waals surface area contributed by atoms with Gasteiger partial charge in [-0.1, -0.05) is 70.9 Å². The molecule has 1 rings (SSSR count). The van der Waals surface area contributed by atoms with E-state index < -0.39 is 0 Å². The van der Waals surface area contributed by atoms with Gasteiger partial charge in [-0.05, 0) is 29.9 Å². The van der Waals surface area contributed by atoms with E-state index in [1.807, 2.05) is 11.8 Å². The van der Waals surface area contributed by atoms with Crippen LogP contribution in [0.4, 0.5) is 0 Å². The number of hydrogen-bond acceptors (Lipinski definition) is 3. The Labute approximate surface area is 135 Å². The predicted octanol–water partition coefficient (Wildman–Crippen LogP) is 5.44. The third-order valence-electron chi connectivity index (χ3n) is 3.89. The van der Waals surface area contributed by atoms with Crippen LogP contribution < -0.4 is 11.3 Å². The van der Waals surface area contributed by atoms with Crippen molar-refractivity contribution in [1.29, 1.82) is 0 Å². The van der Waals surface area contributed by atoms with Crippen molar-refractivity contribution in [3.8, 4) is 0 Å². The molecule has 1 unspecified atom stereocenters. The standard InChI is InChI=1S/C18H32N2S/c1-3-5-6-7-8-9-10-11-18(20-19)16-12-14-17(15-13-16)21-4-2/h12-15,18,20H,3-11,19H2,1-2H3. The van der Waals surface area contributed by atoms with E-state index in [1.54, 1.807) is 0 Å². The zero-order valence-corrected chi connectivity index (χ0v) is 14.6. The maximum atomic E-state index is 5.73. The quantitative estimate of drug-likeness (QED) is 0.233. The van der Waals surface area contributed by atoms with E-state index in [4.69, 9.17) is 5.84 Å². The maximum absolute atomic E-state index is 5.73. The van der Waals surface area contributed by atoms with Crippen LogP contribution in [0.15, 0.2) is 29.2 Å². The number of benzene rings is 1. The van der Waals surface area contributed by atoms with Crippen LogP contribution in [-0.4, -0.2) is 5.75 Å².